The summed E-state index contributed by atoms with van der Waals surface area (Å²) >= 11 is 1.69. The Morgan fingerprint density at radius 3 is 2.67 bits per heavy atom. The zero-order chi connectivity index (χ0) is 19.6. The van der Waals surface area contributed by atoms with E-state index in [0.717, 1.165) is 12.0 Å². The van der Waals surface area contributed by atoms with Gasteiger partial charge >= 0.3 is 0 Å². The molecule has 2 aromatic rings. The van der Waals surface area contributed by atoms with Gasteiger partial charge in [0, 0.05) is 43.3 Å². The van der Waals surface area contributed by atoms with Crippen molar-refractivity contribution in [3.05, 3.63) is 50.6 Å². The zero-order valence-electron chi connectivity index (χ0n) is 15.4. The van der Waals surface area contributed by atoms with Crippen molar-refractivity contribution in [2.75, 3.05) is 19.6 Å². The Kier molecular flexibility index (Phi) is 5.83. The summed E-state index contributed by atoms with van der Waals surface area (Å²) in [7, 11) is -3.68. The molecule has 1 amide bonds. The average Bonchev–Trinajstić information content (AvgIpc) is 3.11. The predicted octanol–water partition coefficient (Wildman–Crippen LogP) is 1.53. The second kappa shape index (κ2) is 7.95. The standard InChI is InChI=1S/C18H23N3O4S2/c1-3-21(4-2)27(24,25)15-5-6-17(22)20(12-15)13-18(23)19-9-7-16-14(11-19)8-10-26-16/h5-6,8,10,12H,3-4,7,9,11,13H2,1-2H3. The highest BCUT2D eigenvalue weighted by atomic mass is 32.2. The van der Waals surface area contributed by atoms with Crippen LogP contribution in [0.15, 0.2) is 39.5 Å². The molecule has 0 radical (unpaired) electrons. The van der Waals surface area contributed by atoms with Gasteiger partial charge in [-0.05, 0) is 29.5 Å². The number of rotatable bonds is 6. The van der Waals surface area contributed by atoms with Crippen LogP contribution < -0.4 is 5.56 Å². The molecule has 1 aliphatic heterocycles. The van der Waals surface area contributed by atoms with Crippen molar-refractivity contribution in [3.8, 4) is 0 Å². The zero-order valence-corrected chi connectivity index (χ0v) is 17.1. The van der Waals surface area contributed by atoms with Crippen molar-refractivity contribution in [3.63, 3.8) is 0 Å². The van der Waals surface area contributed by atoms with Crippen molar-refractivity contribution in [2.24, 2.45) is 0 Å². The van der Waals surface area contributed by atoms with E-state index in [-0.39, 0.29) is 17.3 Å². The molecular formula is C18H23N3O4S2. The van der Waals surface area contributed by atoms with Gasteiger partial charge in [0.05, 0.1) is 4.90 Å². The van der Waals surface area contributed by atoms with Crippen LogP contribution in [0, 0.1) is 0 Å². The topological polar surface area (TPSA) is 79.7 Å². The second-order valence-electron chi connectivity index (χ2n) is 6.35. The number of thiophene rings is 1. The number of pyridine rings is 1. The van der Waals surface area contributed by atoms with E-state index in [1.165, 1.54) is 32.1 Å². The molecule has 0 N–H and O–H groups in total. The molecule has 0 saturated carbocycles. The molecule has 0 spiro atoms. The smallest absolute Gasteiger partial charge is 0.251 e. The SMILES string of the molecule is CCN(CC)S(=O)(=O)c1ccc(=O)n(CC(=O)N2CCc3sccc3C2)c1. The van der Waals surface area contributed by atoms with Crippen LogP contribution in [0.4, 0.5) is 0 Å². The van der Waals surface area contributed by atoms with Crippen LogP contribution in [-0.4, -0.2) is 47.7 Å². The van der Waals surface area contributed by atoms with Crippen LogP contribution in [0.1, 0.15) is 24.3 Å². The summed E-state index contributed by atoms with van der Waals surface area (Å²) in [5, 5.41) is 2.02. The van der Waals surface area contributed by atoms with Gasteiger partial charge in [0.1, 0.15) is 6.54 Å². The number of carbonyl (C=O) groups is 1. The van der Waals surface area contributed by atoms with E-state index in [1.807, 2.05) is 11.4 Å². The van der Waals surface area contributed by atoms with Crippen LogP contribution in [0.2, 0.25) is 0 Å². The molecule has 0 aromatic carbocycles. The fourth-order valence-corrected chi connectivity index (χ4v) is 5.57. The molecule has 3 heterocycles. The maximum Gasteiger partial charge on any atom is 0.251 e. The summed E-state index contributed by atoms with van der Waals surface area (Å²) in [4.78, 5) is 27.9. The quantitative estimate of drug-likeness (QED) is 0.725. The number of nitrogens with zero attached hydrogens (tertiary/aromatic N) is 3. The van der Waals surface area contributed by atoms with Gasteiger partial charge in [0.2, 0.25) is 15.9 Å². The number of hydrogen-bond donors (Lipinski definition) is 0. The Morgan fingerprint density at radius 1 is 1.22 bits per heavy atom. The minimum atomic E-state index is -3.68. The predicted molar refractivity (Wildman–Crippen MR) is 104 cm³/mol. The van der Waals surface area contributed by atoms with Gasteiger partial charge in [0.25, 0.3) is 5.56 Å². The van der Waals surface area contributed by atoms with Gasteiger partial charge in [-0.3, -0.25) is 9.59 Å². The Morgan fingerprint density at radius 2 is 1.96 bits per heavy atom. The second-order valence-corrected chi connectivity index (χ2v) is 9.29. The molecule has 146 valence electrons. The summed E-state index contributed by atoms with van der Waals surface area (Å²) in [6.45, 7) is 5.18. The molecule has 0 atom stereocenters. The maximum absolute atomic E-state index is 12.7. The molecule has 0 saturated heterocycles. The molecule has 2 aromatic heterocycles. The van der Waals surface area contributed by atoms with Crippen LogP contribution in [0.5, 0.6) is 0 Å². The lowest BCUT2D eigenvalue weighted by atomic mass is 10.1. The number of sulfonamides is 1. The molecule has 0 unspecified atom stereocenters. The monoisotopic (exact) mass is 409 g/mol. The number of hydrogen-bond acceptors (Lipinski definition) is 5. The van der Waals surface area contributed by atoms with Crippen LogP contribution in [0.25, 0.3) is 0 Å². The Balaban J connectivity index is 1.81. The number of fused-ring (bicyclic) bond motifs is 1. The third-order valence-electron chi connectivity index (χ3n) is 4.77. The van der Waals surface area contributed by atoms with E-state index in [2.05, 4.69) is 0 Å². The lowest BCUT2D eigenvalue weighted by Gasteiger charge is -2.27. The minimum Gasteiger partial charge on any atom is -0.336 e. The van der Waals surface area contributed by atoms with E-state index < -0.39 is 15.6 Å². The number of aromatic nitrogens is 1. The Hall–Kier alpha value is -1.97. The molecule has 0 fully saturated rings. The van der Waals surface area contributed by atoms with Crippen molar-refractivity contribution in [2.45, 2.75) is 38.3 Å². The van der Waals surface area contributed by atoms with Crippen LogP contribution in [0.3, 0.4) is 0 Å². The molecule has 1 aliphatic rings. The summed E-state index contributed by atoms with van der Waals surface area (Å²) < 4.78 is 27.8. The Bertz CT molecular complexity index is 990. The van der Waals surface area contributed by atoms with Crippen LogP contribution in [-0.2, 0) is 34.3 Å². The van der Waals surface area contributed by atoms with Gasteiger partial charge < -0.3 is 9.47 Å². The van der Waals surface area contributed by atoms with Gasteiger partial charge in [-0.2, -0.15) is 4.31 Å². The first kappa shape index (κ1) is 19.8. The molecule has 0 aliphatic carbocycles. The molecule has 7 nitrogen and oxygen atoms in total. The lowest BCUT2D eigenvalue weighted by Crippen LogP contribution is -2.39. The third-order valence-corrected chi connectivity index (χ3v) is 7.82. The Labute approximate surface area is 162 Å². The van der Waals surface area contributed by atoms with Gasteiger partial charge in [-0.25, -0.2) is 8.42 Å². The molecule has 9 heteroatoms. The largest absolute Gasteiger partial charge is 0.336 e. The van der Waals surface area contributed by atoms with Crippen molar-refractivity contribution in [1.82, 2.24) is 13.8 Å². The maximum atomic E-state index is 12.7. The normalized spacial score (nSPS) is 14.4. The van der Waals surface area contributed by atoms with Crippen molar-refractivity contribution >= 4 is 27.3 Å². The van der Waals surface area contributed by atoms with Gasteiger partial charge in [-0.1, -0.05) is 13.8 Å². The van der Waals surface area contributed by atoms with E-state index in [0.29, 0.717) is 26.2 Å². The third kappa shape index (κ3) is 3.99. The fraction of sp³-hybridized carbons (Fsp3) is 0.444. The van der Waals surface area contributed by atoms with Gasteiger partial charge in [0.15, 0.2) is 0 Å². The summed E-state index contributed by atoms with van der Waals surface area (Å²) in [5.41, 5.74) is 0.750. The highest BCUT2D eigenvalue weighted by Crippen LogP contribution is 2.24. The summed E-state index contributed by atoms with van der Waals surface area (Å²) in [6.07, 6.45) is 2.08. The van der Waals surface area contributed by atoms with E-state index in [9.17, 15) is 18.0 Å². The molecule has 27 heavy (non-hydrogen) atoms. The lowest BCUT2D eigenvalue weighted by molar-refractivity contribution is -0.132. The summed E-state index contributed by atoms with van der Waals surface area (Å²) in [5.74, 6) is -0.189. The highest BCUT2D eigenvalue weighted by molar-refractivity contribution is 7.89. The first-order chi connectivity index (χ1) is 12.9. The van der Waals surface area contributed by atoms with E-state index in [1.54, 1.807) is 30.1 Å². The first-order valence-corrected chi connectivity index (χ1v) is 11.2. The summed E-state index contributed by atoms with van der Waals surface area (Å²) in [6, 6.07) is 4.52. The van der Waals surface area contributed by atoms with Crippen molar-refractivity contribution in [1.29, 1.82) is 0 Å². The van der Waals surface area contributed by atoms with E-state index >= 15 is 0 Å². The average molecular weight is 410 g/mol. The fourth-order valence-electron chi connectivity index (χ4n) is 3.21. The molecule has 3 rings (SSSR count). The minimum absolute atomic E-state index is 0.0253. The van der Waals surface area contributed by atoms with Crippen LogP contribution >= 0.6 is 11.3 Å². The highest BCUT2D eigenvalue weighted by Gasteiger charge is 2.24. The first-order valence-electron chi connectivity index (χ1n) is 8.90. The molecular weight excluding hydrogens is 386 g/mol. The number of amides is 1. The van der Waals surface area contributed by atoms with Crippen molar-refractivity contribution < 1.29 is 13.2 Å². The molecule has 0 bridgehead atoms. The number of carbonyl (C=O) groups excluding carboxylic acids is 1. The van der Waals surface area contributed by atoms with E-state index in [4.69, 9.17) is 0 Å². The van der Waals surface area contributed by atoms with Gasteiger partial charge in [-0.15, -0.1) is 11.3 Å².